The quantitative estimate of drug-likeness (QED) is 0.115. The van der Waals surface area contributed by atoms with Gasteiger partial charge in [0.25, 0.3) is 11.8 Å². The molecule has 1 aromatic heterocycles. The summed E-state index contributed by atoms with van der Waals surface area (Å²) < 4.78 is 33.5. The molecule has 13 nitrogen and oxygen atoms in total. The Morgan fingerprint density at radius 2 is 1.65 bits per heavy atom. The van der Waals surface area contributed by atoms with Crippen molar-refractivity contribution in [2.24, 2.45) is 11.7 Å². The van der Waals surface area contributed by atoms with Gasteiger partial charge in [-0.2, -0.15) is 8.42 Å². The van der Waals surface area contributed by atoms with Gasteiger partial charge in [0, 0.05) is 28.4 Å². The number of carbonyl (C=O) groups is 3. The number of hydrogen-bond donors (Lipinski definition) is 5. The van der Waals surface area contributed by atoms with Gasteiger partial charge in [-0.3, -0.25) is 15.0 Å². The molecule has 0 bridgehead atoms. The van der Waals surface area contributed by atoms with Gasteiger partial charge in [0.1, 0.15) is 11.5 Å². The third kappa shape index (κ3) is 8.36. The van der Waals surface area contributed by atoms with Crippen LogP contribution in [0.15, 0.2) is 54.6 Å². The van der Waals surface area contributed by atoms with Crippen molar-refractivity contribution < 1.29 is 36.8 Å². The van der Waals surface area contributed by atoms with Crippen LogP contribution in [0.25, 0.3) is 11.1 Å². The Morgan fingerprint density at radius 1 is 1.02 bits per heavy atom. The van der Waals surface area contributed by atoms with Crippen molar-refractivity contribution in [3.05, 3.63) is 77.0 Å². The first kappa shape index (κ1) is 32.7. The summed E-state index contributed by atoms with van der Waals surface area (Å²) in [4.78, 5) is 43.8. The molecule has 6 N–H and O–H groups in total. The maximum Gasteiger partial charge on any atom is 0.354 e. The fraction of sp³-hybridized carbons (Fsp3) is 0.276. The lowest BCUT2D eigenvalue weighted by Gasteiger charge is -2.22. The van der Waals surface area contributed by atoms with E-state index in [0.717, 1.165) is 6.07 Å². The van der Waals surface area contributed by atoms with Crippen molar-refractivity contribution in [1.82, 2.24) is 10.3 Å². The highest BCUT2D eigenvalue weighted by molar-refractivity contribution is 7.86. The predicted octanol–water partition coefficient (Wildman–Crippen LogP) is 2.55. The summed E-state index contributed by atoms with van der Waals surface area (Å²) in [6, 6.07) is 12.4. The minimum Gasteiger partial charge on any atom is -0.481 e. The highest BCUT2D eigenvalue weighted by atomic mass is 32.2. The van der Waals surface area contributed by atoms with Crippen molar-refractivity contribution >= 4 is 39.4 Å². The van der Waals surface area contributed by atoms with Crippen LogP contribution in [0.3, 0.4) is 0 Å². The summed E-state index contributed by atoms with van der Waals surface area (Å²) in [5.41, 5.74) is 5.94. The number of methoxy groups -OCH3 is 1. The zero-order valence-corrected chi connectivity index (χ0v) is 24.8. The molecule has 3 rings (SSSR count). The second-order valence-corrected chi connectivity index (χ2v) is 11.3. The number of benzene rings is 2. The number of pyridine rings is 1. The second-order valence-electron chi connectivity index (χ2n) is 9.68. The molecule has 0 saturated heterocycles. The number of rotatable bonds is 12. The van der Waals surface area contributed by atoms with Gasteiger partial charge in [0.2, 0.25) is 5.88 Å². The Balaban J connectivity index is 2.12. The molecule has 0 fully saturated rings. The van der Waals surface area contributed by atoms with E-state index in [4.69, 9.17) is 15.9 Å². The van der Waals surface area contributed by atoms with E-state index in [0.29, 0.717) is 23.9 Å². The van der Waals surface area contributed by atoms with Crippen LogP contribution >= 0.6 is 0 Å². The van der Waals surface area contributed by atoms with E-state index in [1.807, 2.05) is 13.8 Å². The lowest BCUT2D eigenvalue weighted by molar-refractivity contribution is 0.0748. The molecule has 14 heteroatoms. The number of amides is 2. The van der Waals surface area contributed by atoms with Crippen molar-refractivity contribution in [3.8, 4) is 17.0 Å². The number of nitrogen functional groups attached to an aromatic ring is 1. The van der Waals surface area contributed by atoms with Crippen molar-refractivity contribution in [2.75, 3.05) is 25.3 Å². The molecule has 1 heterocycles. The number of amidine groups is 1. The molecule has 0 unspecified atom stereocenters. The molecule has 0 aliphatic carbocycles. The maximum absolute atomic E-state index is 13.4. The summed E-state index contributed by atoms with van der Waals surface area (Å²) >= 11 is 0. The van der Waals surface area contributed by atoms with Crippen LogP contribution in [0, 0.1) is 11.3 Å². The lowest BCUT2D eigenvalue weighted by atomic mass is 9.95. The molecule has 228 valence electrons. The zero-order chi connectivity index (χ0) is 31.9. The fourth-order valence-corrected chi connectivity index (χ4v) is 4.41. The molecule has 0 saturated carbocycles. The summed E-state index contributed by atoms with van der Waals surface area (Å²) in [5, 5.41) is 22.7. The van der Waals surface area contributed by atoms with Crippen LogP contribution in [-0.4, -0.2) is 68.1 Å². The van der Waals surface area contributed by atoms with Crippen LogP contribution in [0.4, 0.5) is 5.69 Å². The Labute approximate surface area is 249 Å². The number of carbonyl (C=O) groups excluding carboxylic acids is 3. The van der Waals surface area contributed by atoms with E-state index in [1.165, 1.54) is 43.5 Å². The molecule has 2 aromatic carbocycles. The van der Waals surface area contributed by atoms with E-state index < -0.39 is 33.9 Å². The van der Waals surface area contributed by atoms with Crippen LogP contribution in [0.1, 0.15) is 57.0 Å². The van der Waals surface area contributed by atoms with E-state index in [9.17, 15) is 27.9 Å². The molecule has 43 heavy (non-hydrogen) atoms. The Hall–Kier alpha value is -4.82. The number of anilines is 1. The number of aliphatic hydroxyl groups excluding tert-OH is 1. The normalized spacial score (nSPS) is 12.5. The molecule has 3 aromatic rings. The second kappa shape index (κ2) is 13.9. The number of nitrogens with one attached hydrogen (secondary N) is 3. The topological polar surface area (TPSA) is 211 Å². The SMILES string of the molecule is CC[C@H](C)[C@@H](CO)NC(=O)c1ccc(-c2ccc(OC)nc2C(=O)Nc2ccc(C(=N)N)cc2)c(C(=O)OS(C)(=O)=O)c1. The molecule has 0 spiro atoms. The molecule has 2 atom stereocenters. The number of nitrogens with zero attached hydrogens (tertiary/aromatic N) is 1. The van der Waals surface area contributed by atoms with Crippen molar-refractivity contribution in [2.45, 2.75) is 26.3 Å². The van der Waals surface area contributed by atoms with Crippen LogP contribution in [0.2, 0.25) is 0 Å². The van der Waals surface area contributed by atoms with Gasteiger partial charge in [-0.05, 0) is 53.9 Å². The van der Waals surface area contributed by atoms with Gasteiger partial charge in [0.05, 0.1) is 31.6 Å². The van der Waals surface area contributed by atoms with E-state index >= 15 is 0 Å². The molecule has 0 radical (unpaired) electrons. The van der Waals surface area contributed by atoms with E-state index in [2.05, 4.69) is 19.8 Å². The van der Waals surface area contributed by atoms with E-state index in [-0.39, 0.29) is 52.2 Å². The first-order valence-corrected chi connectivity index (χ1v) is 14.9. The van der Waals surface area contributed by atoms with Gasteiger partial charge < -0.3 is 30.4 Å². The number of nitrogens with two attached hydrogens (primary N) is 1. The molecule has 0 aliphatic rings. The first-order chi connectivity index (χ1) is 20.3. The summed E-state index contributed by atoms with van der Waals surface area (Å²) in [5.74, 6) is -2.71. The standard InChI is InChI=1S/C29H33N5O8S/c1-5-16(2)23(15-35)33-27(36)18-8-11-20(22(14-18)29(38)42-43(4,39)40)21-12-13-24(41-3)34-25(21)28(37)32-19-9-6-17(7-10-19)26(30)31/h6-14,16,23,35H,5,15H2,1-4H3,(H3,30,31)(H,32,37)(H,33,36)/t16-,23+/m0/s1. The summed E-state index contributed by atoms with van der Waals surface area (Å²) in [7, 11) is -2.90. The number of ether oxygens (including phenoxy) is 1. The summed E-state index contributed by atoms with van der Waals surface area (Å²) in [6.07, 6.45) is 1.39. The summed E-state index contributed by atoms with van der Waals surface area (Å²) in [6.45, 7) is 3.46. The van der Waals surface area contributed by atoms with Crippen molar-refractivity contribution in [1.29, 1.82) is 5.41 Å². The number of aromatic nitrogens is 1. The monoisotopic (exact) mass is 611 g/mol. The smallest absolute Gasteiger partial charge is 0.354 e. The number of hydrogen-bond acceptors (Lipinski definition) is 10. The average Bonchev–Trinajstić information content (AvgIpc) is 2.98. The van der Waals surface area contributed by atoms with Gasteiger partial charge in [0.15, 0.2) is 0 Å². The van der Waals surface area contributed by atoms with Gasteiger partial charge in [-0.1, -0.05) is 26.3 Å². The predicted molar refractivity (Wildman–Crippen MR) is 160 cm³/mol. The Bertz CT molecular complexity index is 1640. The van der Waals surface area contributed by atoms with Gasteiger partial charge in [-0.25, -0.2) is 9.78 Å². The lowest BCUT2D eigenvalue weighted by Crippen LogP contribution is -2.41. The Kier molecular flexibility index (Phi) is 10.6. The minimum absolute atomic E-state index is 0.0102. The number of aliphatic hydroxyl groups is 1. The molecular weight excluding hydrogens is 578 g/mol. The van der Waals surface area contributed by atoms with Crippen molar-refractivity contribution in [3.63, 3.8) is 0 Å². The highest BCUT2D eigenvalue weighted by Crippen LogP contribution is 2.31. The largest absolute Gasteiger partial charge is 0.481 e. The Morgan fingerprint density at radius 3 is 2.21 bits per heavy atom. The zero-order valence-electron chi connectivity index (χ0n) is 24.0. The highest BCUT2D eigenvalue weighted by Gasteiger charge is 2.26. The van der Waals surface area contributed by atoms with Crippen LogP contribution < -0.4 is 21.1 Å². The minimum atomic E-state index is -4.25. The van der Waals surface area contributed by atoms with E-state index in [1.54, 1.807) is 12.1 Å². The maximum atomic E-state index is 13.4. The molecule has 2 amide bonds. The molecule has 0 aliphatic heterocycles. The molecular formula is C29H33N5O8S. The third-order valence-electron chi connectivity index (χ3n) is 6.61. The van der Waals surface area contributed by atoms with Gasteiger partial charge in [-0.15, -0.1) is 0 Å². The fourth-order valence-electron chi connectivity index (χ4n) is 4.04. The van der Waals surface area contributed by atoms with Crippen LogP contribution in [-0.2, 0) is 14.3 Å². The van der Waals surface area contributed by atoms with Crippen LogP contribution in [0.5, 0.6) is 5.88 Å². The average molecular weight is 612 g/mol. The third-order valence-corrected chi connectivity index (χ3v) is 7.06. The first-order valence-electron chi connectivity index (χ1n) is 13.1. The van der Waals surface area contributed by atoms with Gasteiger partial charge >= 0.3 is 16.1 Å².